The molecule has 0 aromatic rings. The lowest BCUT2D eigenvalue weighted by Crippen LogP contribution is -1.99. The molecule has 0 aliphatic rings. The van der Waals surface area contributed by atoms with Gasteiger partial charge in [-0.1, -0.05) is 27.7 Å². The Kier molecular flexibility index (Phi) is 6.37. The summed E-state index contributed by atoms with van der Waals surface area (Å²) in [6.07, 6.45) is 5.00. The van der Waals surface area contributed by atoms with E-state index >= 15 is 0 Å². The third kappa shape index (κ3) is 9.16. The number of ether oxygens (including phenoxy) is 2. The molecule has 0 aromatic heterocycles. The van der Waals surface area contributed by atoms with Crippen LogP contribution >= 0.6 is 0 Å². The fourth-order valence-electron chi connectivity index (χ4n) is 0.476. The minimum Gasteiger partial charge on any atom is -0.444 e. The fraction of sp³-hybridized carbons (Fsp3) is 0.800. The summed E-state index contributed by atoms with van der Waals surface area (Å²) in [6, 6.07) is 0. The number of rotatable bonds is 4. The van der Waals surface area contributed by atoms with Crippen LogP contribution in [0.5, 0.6) is 0 Å². The standard InChI is InChI=1S/C10H18O2/c1-9(2)7-11-5-6-12-8-10(3)4/h9-10H,7-8H2,1-4H3. The lowest BCUT2D eigenvalue weighted by molar-refractivity contribution is 0.209. The fourth-order valence-corrected chi connectivity index (χ4v) is 0.476. The molecule has 0 heterocycles. The monoisotopic (exact) mass is 170 g/mol. The molecule has 0 rings (SSSR count). The zero-order valence-electron chi connectivity index (χ0n) is 8.39. The summed E-state index contributed by atoms with van der Waals surface area (Å²) in [7, 11) is 0. The third-order valence-electron chi connectivity index (χ3n) is 1.02. The van der Waals surface area contributed by atoms with Gasteiger partial charge >= 0.3 is 0 Å². The molecule has 0 spiro atoms. The molecule has 0 unspecified atom stereocenters. The lowest BCUT2D eigenvalue weighted by atomic mass is 10.2. The van der Waals surface area contributed by atoms with Crippen molar-refractivity contribution in [2.24, 2.45) is 11.8 Å². The van der Waals surface area contributed by atoms with Crippen molar-refractivity contribution in [3.63, 3.8) is 0 Å². The Morgan fingerprint density at radius 1 is 0.833 bits per heavy atom. The van der Waals surface area contributed by atoms with Crippen LogP contribution < -0.4 is 0 Å². The van der Waals surface area contributed by atoms with Crippen molar-refractivity contribution >= 4 is 0 Å². The molecule has 0 saturated heterocycles. The topological polar surface area (TPSA) is 18.5 Å². The molecule has 0 aromatic carbocycles. The molecule has 0 fully saturated rings. The molecule has 0 N–H and O–H groups in total. The highest BCUT2D eigenvalue weighted by Gasteiger charge is 1.91. The molecule has 2 nitrogen and oxygen atoms in total. The van der Waals surface area contributed by atoms with Crippen molar-refractivity contribution in [3.05, 3.63) is 0 Å². The average molecular weight is 170 g/mol. The van der Waals surface area contributed by atoms with Crippen LogP contribution in [-0.2, 0) is 9.47 Å². The van der Waals surface area contributed by atoms with E-state index in [-0.39, 0.29) is 0 Å². The van der Waals surface area contributed by atoms with E-state index in [9.17, 15) is 0 Å². The summed E-state index contributed by atoms with van der Waals surface area (Å²) in [5, 5.41) is 0. The predicted molar refractivity (Wildman–Crippen MR) is 49.4 cm³/mol. The Labute approximate surface area is 75.3 Å². The SMILES string of the molecule is CC(C)COC#COCC(C)C. The highest BCUT2D eigenvalue weighted by Crippen LogP contribution is 1.92. The summed E-state index contributed by atoms with van der Waals surface area (Å²) in [6.45, 7) is 9.65. The van der Waals surface area contributed by atoms with Gasteiger partial charge in [-0.3, -0.25) is 0 Å². The van der Waals surface area contributed by atoms with Gasteiger partial charge in [0, 0.05) is 0 Å². The van der Waals surface area contributed by atoms with E-state index in [1.54, 1.807) is 0 Å². The van der Waals surface area contributed by atoms with Crippen LogP contribution in [0.4, 0.5) is 0 Å². The van der Waals surface area contributed by atoms with E-state index in [0.29, 0.717) is 25.0 Å². The Morgan fingerprint density at radius 3 is 1.42 bits per heavy atom. The van der Waals surface area contributed by atoms with Crippen LogP contribution in [0.15, 0.2) is 0 Å². The Hall–Kier alpha value is -0.840. The van der Waals surface area contributed by atoms with E-state index in [1.165, 1.54) is 0 Å². The van der Waals surface area contributed by atoms with E-state index in [0.717, 1.165) is 0 Å². The molecule has 2 heteroatoms. The summed E-state index contributed by atoms with van der Waals surface area (Å²) in [4.78, 5) is 0. The maximum Gasteiger partial charge on any atom is 0.154 e. The summed E-state index contributed by atoms with van der Waals surface area (Å²) in [5.41, 5.74) is 0. The Bertz CT molecular complexity index is 135. The van der Waals surface area contributed by atoms with Crippen LogP contribution in [0.3, 0.4) is 0 Å². The first-order valence-electron chi connectivity index (χ1n) is 4.36. The molecule has 0 radical (unpaired) electrons. The first-order valence-corrected chi connectivity index (χ1v) is 4.36. The normalized spacial score (nSPS) is 9.50. The molecule has 0 aliphatic heterocycles. The van der Waals surface area contributed by atoms with Gasteiger partial charge in [-0.25, -0.2) is 0 Å². The highest BCUT2D eigenvalue weighted by molar-refractivity contribution is 4.80. The third-order valence-corrected chi connectivity index (χ3v) is 1.02. The van der Waals surface area contributed by atoms with Crippen molar-refractivity contribution in [3.8, 4) is 12.2 Å². The Balaban J connectivity index is 3.23. The molecule has 0 atom stereocenters. The zero-order chi connectivity index (χ0) is 9.40. The van der Waals surface area contributed by atoms with Crippen LogP contribution in [0.1, 0.15) is 27.7 Å². The molecule has 12 heavy (non-hydrogen) atoms. The average Bonchev–Trinajstić information content (AvgIpc) is 1.95. The van der Waals surface area contributed by atoms with Gasteiger partial charge in [0.15, 0.2) is 12.2 Å². The van der Waals surface area contributed by atoms with E-state index in [2.05, 4.69) is 39.9 Å². The van der Waals surface area contributed by atoms with Crippen molar-refractivity contribution in [2.75, 3.05) is 13.2 Å². The molecular formula is C10H18O2. The van der Waals surface area contributed by atoms with Gasteiger partial charge in [0.25, 0.3) is 0 Å². The van der Waals surface area contributed by atoms with Gasteiger partial charge in [0.2, 0.25) is 0 Å². The van der Waals surface area contributed by atoms with Crippen molar-refractivity contribution in [1.29, 1.82) is 0 Å². The minimum atomic E-state index is 0.518. The smallest absolute Gasteiger partial charge is 0.154 e. The predicted octanol–water partition coefficient (Wildman–Crippen LogP) is 2.25. The van der Waals surface area contributed by atoms with Gasteiger partial charge < -0.3 is 9.47 Å². The second-order valence-corrected chi connectivity index (χ2v) is 3.61. The maximum atomic E-state index is 4.99. The minimum absolute atomic E-state index is 0.518. The van der Waals surface area contributed by atoms with Gasteiger partial charge in [-0.15, -0.1) is 0 Å². The quantitative estimate of drug-likeness (QED) is 0.602. The summed E-state index contributed by atoms with van der Waals surface area (Å²) in [5.74, 6) is 1.04. The van der Waals surface area contributed by atoms with E-state index in [1.807, 2.05) is 0 Å². The summed E-state index contributed by atoms with van der Waals surface area (Å²) >= 11 is 0. The molecular weight excluding hydrogens is 152 g/mol. The second-order valence-electron chi connectivity index (χ2n) is 3.61. The molecule has 0 amide bonds. The van der Waals surface area contributed by atoms with Crippen molar-refractivity contribution in [1.82, 2.24) is 0 Å². The van der Waals surface area contributed by atoms with Crippen LogP contribution in [0.25, 0.3) is 0 Å². The van der Waals surface area contributed by atoms with Gasteiger partial charge in [0.1, 0.15) is 13.2 Å². The van der Waals surface area contributed by atoms with Crippen LogP contribution in [0.2, 0.25) is 0 Å². The van der Waals surface area contributed by atoms with Gasteiger partial charge in [-0.2, -0.15) is 0 Å². The van der Waals surface area contributed by atoms with E-state index in [4.69, 9.17) is 9.47 Å². The Morgan fingerprint density at radius 2 is 1.17 bits per heavy atom. The zero-order valence-corrected chi connectivity index (χ0v) is 8.39. The first-order chi connectivity index (χ1) is 5.63. The van der Waals surface area contributed by atoms with Crippen molar-refractivity contribution < 1.29 is 9.47 Å². The number of hydrogen-bond donors (Lipinski definition) is 0. The second kappa shape index (κ2) is 6.84. The molecule has 0 aliphatic carbocycles. The maximum absolute atomic E-state index is 4.99. The molecule has 70 valence electrons. The van der Waals surface area contributed by atoms with Crippen LogP contribution in [-0.4, -0.2) is 13.2 Å². The molecule has 0 bridgehead atoms. The van der Waals surface area contributed by atoms with Gasteiger partial charge in [-0.05, 0) is 11.8 Å². The van der Waals surface area contributed by atoms with Gasteiger partial charge in [0.05, 0.1) is 0 Å². The first kappa shape index (κ1) is 11.2. The van der Waals surface area contributed by atoms with Crippen molar-refractivity contribution in [2.45, 2.75) is 27.7 Å². The van der Waals surface area contributed by atoms with Crippen LogP contribution in [0, 0.1) is 24.0 Å². The highest BCUT2D eigenvalue weighted by atomic mass is 16.5. The largest absolute Gasteiger partial charge is 0.444 e. The summed E-state index contributed by atoms with van der Waals surface area (Å²) < 4.78 is 9.98. The van der Waals surface area contributed by atoms with E-state index < -0.39 is 0 Å². The molecule has 0 saturated carbocycles. The lowest BCUT2D eigenvalue weighted by Gasteiger charge is -2.01. The number of hydrogen-bond acceptors (Lipinski definition) is 2.